The number of rotatable bonds is 5. The topological polar surface area (TPSA) is 96.4 Å². The molecule has 0 aliphatic carbocycles. The molecule has 0 saturated heterocycles. The van der Waals surface area contributed by atoms with Crippen molar-refractivity contribution in [2.75, 3.05) is 6.26 Å². The number of fused-ring (bicyclic) bond motifs is 1. The Morgan fingerprint density at radius 1 is 1.16 bits per heavy atom. The quantitative estimate of drug-likeness (QED) is 0.565. The van der Waals surface area contributed by atoms with Gasteiger partial charge in [0.2, 0.25) is 0 Å². The molecule has 3 aromatic rings. The smallest absolute Gasteiger partial charge is 0.405 e. The summed E-state index contributed by atoms with van der Waals surface area (Å²) in [5.41, 5.74) is 1.30. The van der Waals surface area contributed by atoms with Crippen LogP contribution in [-0.4, -0.2) is 30.9 Å². The van der Waals surface area contributed by atoms with Gasteiger partial charge in [-0.15, -0.1) is 0 Å². The van der Waals surface area contributed by atoms with Crippen molar-refractivity contribution in [2.45, 2.75) is 38.1 Å². The maximum Gasteiger partial charge on any atom is 0.405 e. The molecule has 0 radical (unpaired) electrons. The van der Waals surface area contributed by atoms with Gasteiger partial charge in [-0.2, -0.15) is 0 Å². The molecule has 0 bridgehead atoms. The fourth-order valence-corrected chi connectivity index (χ4v) is 4.51. The Morgan fingerprint density at radius 3 is 2.45 bits per heavy atom. The lowest BCUT2D eigenvalue weighted by Gasteiger charge is -2.28. The number of nitrogens with zero attached hydrogens (tertiary/aromatic N) is 1. The molecule has 3 rings (SSSR count). The van der Waals surface area contributed by atoms with Crippen LogP contribution in [0, 0.1) is 11.2 Å². The van der Waals surface area contributed by atoms with Gasteiger partial charge in [0.15, 0.2) is 9.84 Å². The summed E-state index contributed by atoms with van der Waals surface area (Å²) in [5.74, 6) is -0.468. The number of hydrogen-bond donors (Lipinski definition) is 2. The molecule has 164 valence electrons. The molecule has 1 heterocycles. The molecule has 0 saturated carbocycles. The molecule has 8 heteroatoms. The number of pyridine rings is 1. The number of aromatic nitrogens is 1. The highest BCUT2D eigenvalue weighted by atomic mass is 32.2. The van der Waals surface area contributed by atoms with Gasteiger partial charge in [-0.3, -0.25) is 0 Å². The van der Waals surface area contributed by atoms with E-state index in [1.165, 1.54) is 18.2 Å². The van der Waals surface area contributed by atoms with Crippen LogP contribution < -0.4 is 5.32 Å². The Kier molecular flexibility index (Phi) is 6.04. The minimum absolute atomic E-state index is 0.0735. The minimum Gasteiger partial charge on any atom is -0.465 e. The van der Waals surface area contributed by atoms with Crippen LogP contribution in [-0.2, 0) is 9.84 Å². The SMILES string of the molecule is CC(C)(C)C[C@H](NC(=O)O)c1cc2ccc(F)cc2nc1-c1ccccc1S(C)(=O)=O. The van der Waals surface area contributed by atoms with Crippen molar-refractivity contribution in [3.05, 3.63) is 59.9 Å². The molecule has 0 aliphatic heterocycles. The molecule has 0 spiro atoms. The van der Waals surface area contributed by atoms with Gasteiger partial charge in [0.1, 0.15) is 5.82 Å². The average Bonchev–Trinajstić information content (AvgIpc) is 2.64. The standard InChI is InChI=1S/C23H25FN2O4S/c1-23(2,3)13-19(26-22(27)28)17-11-14-9-10-15(24)12-18(14)25-21(17)16-7-5-6-8-20(16)31(4,29)30/h5-12,19,26H,13H2,1-4H3,(H,27,28)/t19-/m0/s1. The summed E-state index contributed by atoms with van der Waals surface area (Å²) in [6.07, 6.45) is 0.353. The first-order valence-electron chi connectivity index (χ1n) is 9.74. The Balaban J connectivity index is 2.37. The number of nitrogens with one attached hydrogen (secondary N) is 1. The van der Waals surface area contributed by atoms with E-state index in [0.717, 1.165) is 6.26 Å². The van der Waals surface area contributed by atoms with Crippen LogP contribution >= 0.6 is 0 Å². The lowest BCUT2D eigenvalue weighted by molar-refractivity contribution is 0.185. The highest BCUT2D eigenvalue weighted by Crippen LogP contribution is 2.38. The van der Waals surface area contributed by atoms with E-state index >= 15 is 0 Å². The number of hydrogen-bond acceptors (Lipinski definition) is 4. The normalized spacial score (nSPS) is 13.2. The van der Waals surface area contributed by atoms with Crippen molar-refractivity contribution in [1.29, 1.82) is 0 Å². The predicted octanol–water partition coefficient (Wildman–Crippen LogP) is 5.19. The third kappa shape index (κ3) is 5.38. The van der Waals surface area contributed by atoms with Crippen LogP contribution in [0.2, 0.25) is 0 Å². The zero-order chi connectivity index (χ0) is 23.0. The van der Waals surface area contributed by atoms with Gasteiger partial charge >= 0.3 is 6.09 Å². The van der Waals surface area contributed by atoms with E-state index in [-0.39, 0.29) is 10.3 Å². The van der Waals surface area contributed by atoms with Crippen molar-refractivity contribution in [3.63, 3.8) is 0 Å². The van der Waals surface area contributed by atoms with Crippen LogP contribution in [0.5, 0.6) is 0 Å². The third-order valence-electron chi connectivity index (χ3n) is 4.84. The number of amides is 1. The van der Waals surface area contributed by atoms with Gasteiger partial charge in [0, 0.05) is 28.8 Å². The molecule has 1 aromatic heterocycles. The van der Waals surface area contributed by atoms with Crippen LogP contribution in [0.3, 0.4) is 0 Å². The van der Waals surface area contributed by atoms with Crippen molar-refractivity contribution < 1.29 is 22.7 Å². The first kappa shape index (κ1) is 22.7. The summed E-state index contributed by atoms with van der Waals surface area (Å²) >= 11 is 0. The van der Waals surface area contributed by atoms with Crippen LogP contribution in [0.25, 0.3) is 22.2 Å². The zero-order valence-corrected chi connectivity index (χ0v) is 18.6. The molecule has 2 aromatic carbocycles. The van der Waals surface area contributed by atoms with Crippen LogP contribution in [0.15, 0.2) is 53.4 Å². The summed E-state index contributed by atoms with van der Waals surface area (Å²) in [5, 5.41) is 12.6. The van der Waals surface area contributed by atoms with Crippen LogP contribution in [0.1, 0.15) is 38.8 Å². The molecule has 6 nitrogen and oxygen atoms in total. The lowest BCUT2D eigenvalue weighted by atomic mass is 9.84. The predicted molar refractivity (Wildman–Crippen MR) is 118 cm³/mol. The first-order valence-corrected chi connectivity index (χ1v) is 11.6. The first-order chi connectivity index (χ1) is 14.3. The Hall–Kier alpha value is -3.00. The average molecular weight is 445 g/mol. The van der Waals surface area contributed by atoms with Crippen molar-refractivity contribution >= 4 is 26.8 Å². The van der Waals surface area contributed by atoms with E-state index in [4.69, 9.17) is 0 Å². The Bertz CT molecular complexity index is 1250. The molecule has 1 atom stereocenters. The highest BCUT2D eigenvalue weighted by molar-refractivity contribution is 7.90. The fourth-order valence-electron chi connectivity index (χ4n) is 3.62. The van der Waals surface area contributed by atoms with E-state index in [1.54, 1.807) is 30.3 Å². The fraction of sp³-hybridized carbons (Fsp3) is 0.304. The monoisotopic (exact) mass is 444 g/mol. The molecular formula is C23H25FN2O4S. The molecule has 2 N–H and O–H groups in total. The molecule has 1 amide bonds. The Morgan fingerprint density at radius 2 is 1.84 bits per heavy atom. The summed E-state index contributed by atoms with van der Waals surface area (Å²) in [6, 6.07) is 11.7. The van der Waals surface area contributed by atoms with Crippen molar-refractivity contribution in [3.8, 4) is 11.3 Å². The van der Waals surface area contributed by atoms with Gasteiger partial charge in [-0.1, -0.05) is 39.0 Å². The highest BCUT2D eigenvalue weighted by Gasteiger charge is 2.27. The van der Waals surface area contributed by atoms with E-state index < -0.39 is 27.8 Å². The van der Waals surface area contributed by atoms with Crippen molar-refractivity contribution in [1.82, 2.24) is 10.3 Å². The van der Waals surface area contributed by atoms with Gasteiger partial charge in [0.25, 0.3) is 0 Å². The zero-order valence-electron chi connectivity index (χ0n) is 17.8. The number of carbonyl (C=O) groups is 1. The lowest BCUT2D eigenvalue weighted by Crippen LogP contribution is -2.30. The van der Waals surface area contributed by atoms with E-state index in [0.29, 0.717) is 34.1 Å². The van der Waals surface area contributed by atoms with Gasteiger partial charge in [0.05, 0.1) is 22.1 Å². The molecular weight excluding hydrogens is 419 g/mol. The molecule has 0 unspecified atom stereocenters. The van der Waals surface area contributed by atoms with Gasteiger partial charge in [-0.05, 0) is 36.1 Å². The molecule has 0 fully saturated rings. The summed E-state index contributed by atoms with van der Waals surface area (Å²) in [4.78, 5) is 16.2. The number of halogens is 1. The van der Waals surface area contributed by atoms with Gasteiger partial charge in [-0.25, -0.2) is 22.6 Å². The maximum atomic E-state index is 13.9. The molecule has 31 heavy (non-hydrogen) atoms. The van der Waals surface area contributed by atoms with Crippen molar-refractivity contribution in [2.24, 2.45) is 5.41 Å². The Labute approximate surface area is 181 Å². The maximum absolute atomic E-state index is 13.9. The third-order valence-corrected chi connectivity index (χ3v) is 6.00. The largest absolute Gasteiger partial charge is 0.465 e. The minimum atomic E-state index is -3.59. The second-order valence-electron chi connectivity index (χ2n) is 8.80. The summed E-state index contributed by atoms with van der Waals surface area (Å²) in [7, 11) is -3.59. The van der Waals surface area contributed by atoms with E-state index in [1.807, 2.05) is 20.8 Å². The van der Waals surface area contributed by atoms with E-state index in [9.17, 15) is 22.7 Å². The molecule has 0 aliphatic rings. The summed E-state index contributed by atoms with van der Waals surface area (Å²) < 4.78 is 38.7. The van der Waals surface area contributed by atoms with Crippen LogP contribution in [0.4, 0.5) is 9.18 Å². The summed E-state index contributed by atoms with van der Waals surface area (Å²) in [6.45, 7) is 5.95. The second kappa shape index (κ2) is 8.26. The van der Waals surface area contributed by atoms with Gasteiger partial charge < -0.3 is 10.4 Å². The van der Waals surface area contributed by atoms with E-state index in [2.05, 4.69) is 10.3 Å². The number of carboxylic acid groups (broad SMARTS) is 1. The second-order valence-corrected chi connectivity index (χ2v) is 10.8. The number of benzene rings is 2. The number of sulfone groups is 1.